The number of fused-ring (bicyclic) bond motifs is 12. The maximum absolute atomic E-state index is 13.3. The number of nitrogens with one attached hydrogen (secondary N) is 4. The number of carbonyl (C=O) groups excluding carboxylic acids is 3. The van der Waals surface area contributed by atoms with Crippen LogP contribution in [0.5, 0.6) is 0 Å². The van der Waals surface area contributed by atoms with Crippen LogP contribution in [0.1, 0.15) is 35.3 Å². The van der Waals surface area contributed by atoms with Gasteiger partial charge in [-0.05, 0) is 35.2 Å². The van der Waals surface area contributed by atoms with Crippen LogP contribution in [-0.2, 0) is 27.2 Å². The molecule has 0 radical (unpaired) electrons. The average Bonchev–Trinajstić information content (AvgIpc) is 2.88. The van der Waals surface area contributed by atoms with Crippen molar-refractivity contribution in [2.75, 3.05) is 25.5 Å². The van der Waals surface area contributed by atoms with Crippen LogP contribution in [0.25, 0.3) is 0 Å². The van der Waals surface area contributed by atoms with Crippen LogP contribution in [0.15, 0.2) is 42.6 Å². The van der Waals surface area contributed by atoms with Gasteiger partial charge in [0.05, 0.1) is 19.3 Å². The van der Waals surface area contributed by atoms with Gasteiger partial charge in [0.2, 0.25) is 5.91 Å². The van der Waals surface area contributed by atoms with Crippen LogP contribution in [0, 0.1) is 5.92 Å². The SMILES string of the molecule is CC(C)[C@H]1COCCNC(=O)c2ccc(cc2)C[C@@H](NC(=O)N[C@@H](Cc2ccc(N)nc2)C(=O)O)C(=O)N1. The number of nitrogen functional groups attached to an aromatic ring is 1. The van der Waals surface area contributed by atoms with E-state index in [1.165, 1.54) is 6.20 Å². The van der Waals surface area contributed by atoms with E-state index in [9.17, 15) is 24.3 Å². The van der Waals surface area contributed by atoms with E-state index in [4.69, 9.17) is 10.5 Å². The molecule has 38 heavy (non-hydrogen) atoms. The number of aromatic nitrogens is 1. The highest BCUT2D eigenvalue weighted by atomic mass is 16.5. The van der Waals surface area contributed by atoms with Crippen molar-refractivity contribution in [3.8, 4) is 0 Å². The molecule has 204 valence electrons. The summed E-state index contributed by atoms with van der Waals surface area (Å²) in [4.78, 5) is 54.3. The van der Waals surface area contributed by atoms with Gasteiger partial charge in [0.1, 0.15) is 17.9 Å². The fourth-order valence-corrected chi connectivity index (χ4v) is 3.82. The predicted molar refractivity (Wildman–Crippen MR) is 139 cm³/mol. The minimum atomic E-state index is -1.26. The highest BCUT2D eigenvalue weighted by molar-refractivity contribution is 5.94. The van der Waals surface area contributed by atoms with Gasteiger partial charge < -0.3 is 36.8 Å². The number of anilines is 1. The quantitative estimate of drug-likeness (QED) is 0.293. The number of urea groups is 1. The number of hydrogen-bond acceptors (Lipinski definition) is 7. The zero-order valence-electron chi connectivity index (χ0n) is 21.4. The second-order valence-corrected chi connectivity index (χ2v) is 9.45. The first-order valence-electron chi connectivity index (χ1n) is 12.4. The van der Waals surface area contributed by atoms with E-state index in [0.29, 0.717) is 29.1 Å². The summed E-state index contributed by atoms with van der Waals surface area (Å²) in [6.07, 6.45) is 1.53. The first-order valence-corrected chi connectivity index (χ1v) is 12.4. The molecular weight excluding hydrogens is 492 g/mol. The minimum absolute atomic E-state index is 0.0246. The summed E-state index contributed by atoms with van der Waals surface area (Å²) < 4.78 is 5.66. The number of carboxylic acid groups (broad SMARTS) is 1. The Bertz CT molecular complexity index is 1120. The van der Waals surface area contributed by atoms with Gasteiger partial charge in [-0.2, -0.15) is 0 Å². The Morgan fingerprint density at radius 3 is 2.55 bits per heavy atom. The first kappa shape index (κ1) is 28.4. The zero-order valence-corrected chi connectivity index (χ0v) is 21.4. The molecule has 2 aromatic rings. The van der Waals surface area contributed by atoms with Crippen molar-refractivity contribution in [2.45, 2.75) is 44.8 Å². The van der Waals surface area contributed by atoms with Crippen LogP contribution in [0.4, 0.5) is 10.6 Å². The predicted octanol–water partition coefficient (Wildman–Crippen LogP) is 0.471. The number of ether oxygens (including phenoxy) is 1. The third-order valence-electron chi connectivity index (χ3n) is 6.13. The summed E-state index contributed by atoms with van der Waals surface area (Å²) in [5.41, 5.74) is 7.31. The maximum Gasteiger partial charge on any atom is 0.326 e. The van der Waals surface area contributed by atoms with Gasteiger partial charge in [-0.15, -0.1) is 0 Å². The maximum atomic E-state index is 13.3. The van der Waals surface area contributed by atoms with Crippen molar-refractivity contribution in [1.82, 2.24) is 26.3 Å². The van der Waals surface area contributed by atoms with E-state index < -0.39 is 30.0 Å². The number of carboxylic acids is 1. The van der Waals surface area contributed by atoms with E-state index in [0.717, 1.165) is 0 Å². The normalized spacial score (nSPS) is 19.4. The largest absolute Gasteiger partial charge is 0.480 e. The second kappa shape index (κ2) is 13.4. The number of nitrogens with two attached hydrogens (primary N) is 1. The van der Waals surface area contributed by atoms with E-state index in [-0.39, 0.29) is 43.9 Å². The number of carbonyl (C=O) groups is 4. The van der Waals surface area contributed by atoms with Gasteiger partial charge in [0, 0.05) is 31.1 Å². The Morgan fingerprint density at radius 1 is 1.18 bits per heavy atom. The number of benzene rings is 1. The van der Waals surface area contributed by atoms with Crippen molar-refractivity contribution in [2.24, 2.45) is 5.92 Å². The number of amides is 4. The number of hydrogen-bond donors (Lipinski definition) is 6. The van der Waals surface area contributed by atoms with Gasteiger partial charge >= 0.3 is 12.0 Å². The van der Waals surface area contributed by atoms with Gasteiger partial charge in [-0.1, -0.05) is 32.0 Å². The Hall–Kier alpha value is -4.19. The molecular formula is C26H34N6O6. The molecule has 2 aliphatic rings. The van der Waals surface area contributed by atoms with Gasteiger partial charge in [-0.25, -0.2) is 14.6 Å². The van der Waals surface area contributed by atoms with Crippen LogP contribution < -0.4 is 27.0 Å². The van der Waals surface area contributed by atoms with E-state index in [1.807, 2.05) is 13.8 Å². The lowest BCUT2D eigenvalue weighted by atomic mass is 10.0. The fourth-order valence-electron chi connectivity index (χ4n) is 3.82. The molecule has 1 aromatic heterocycles. The highest BCUT2D eigenvalue weighted by Gasteiger charge is 2.28. The Kier molecular flexibility index (Phi) is 9.99. The smallest absolute Gasteiger partial charge is 0.326 e. The molecule has 0 aliphatic carbocycles. The first-order chi connectivity index (χ1) is 18.1. The fraction of sp³-hybridized carbons (Fsp3) is 0.423. The van der Waals surface area contributed by atoms with Gasteiger partial charge in [-0.3, -0.25) is 9.59 Å². The topological polar surface area (TPSA) is 185 Å². The number of pyridine rings is 1. The third-order valence-corrected chi connectivity index (χ3v) is 6.13. The number of aliphatic carboxylic acids is 1. The van der Waals surface area contributed by atoms with E-state index in [1.54, 1.807) is 36.4 Å². The van der Waals surface area contributed by atoms with Crippen molar-refractivity contribution in [3.05, 3.63) is 59.3 Å². The minimum Gasteiger partial charge on any atom is -0.480 e. The van der Waals surface area contributed by atoms with Gasteiger partial charge in [0.25, 0.3) is 5.91 Å². The second-order valence-electron chi connectivity index (χ2n) is 9.45. The number of nitrogens with zero attached hydrogens (tertiary/aromatic N) is 1. The molecule has 12 nitrogen and oxygen atoms in total. The molecule has 7 N–H and O–H groups in total. The summed E-state index contributed by atoms with van der Waals surface area (Å²) in [5, 5.41) is 20.4. The zero-order chi connectivity index (χ0) is 27.7. The summed E-state index contributed by atoms with van der Waals surface area (Å²) >= 11 is 0. The Balaban J connectivity index is 1.77. The molecule has 3 atom stereocenters. The summed E-state index contributed by atoms with van der Waals surface area (Å²) in [7, 11) is 0. The van der Waals surface area contributed by atoms with Crippen molar-refractivity contribution in [3.63, 3.8) is 0 Å². The van der Waals surface area contributed by atoms with Crippen molar-refractivity contribution < 1.29 is 29.0 Å². The summed E-state index contributed by atoms with van der Waals surface area (Å²) in [5.74, 6) is -1.60. The molecule has 0 fully saturated rings. The molecule has 2 aliphatic heterocycles. The molecule has 4 amide bonds. The van der Waals surface area contributed by atoms with Crippen LogP contribution in [0.3, 0.4) is 0 Å². The van der Waals surface area contributed by atoms with Crippen LogP contribution in [-0.4, -0.2) is 71.8 Å². The number of rotatable bonds is 6. The molecule has 0 unspecified atom stereocenters. The molecule has 2 bridgehead atoms. The van der Waals surface area contributed by atoms with Crippen LogP contribution >= 0.6 is 0 Å². The molecule has 3 heterocycles. The highest BCUT2D eigenvalue weighted by Crippen LogP contribution is 2.11. The monoisotopic (exact) mass is 526 g/mol. The molecule has 4 rings (SSSR count). The molecule has 0 spiro atoms. The standard InChI is InChI=1S/C26H34N6O6/c1-15(2)21-14-38-10-9-28-23(33)18-6-3-16(4-7-18)11-19(24(34)30-21)31-26(37)32-20(25(35)36)12-17-5-8-22(27)29-13-17/h3-8,13,15,19-21H,9-12,14H2,1-2H3,(H2,27,29)(H,28,33)(H,30,34)(H,35,36)(H2,31,32,37)/t19-,20+,21-/m1/s1. The third kappa shape index (κ3) is 8.44. The van der Waals surface area contributed by atoms with Crippen molar-refractivity contribution >= 4 is 29.6 Å². The molecule has 1 aromatic carbocycles. The van der Waals surface area contributed by atoms with E-state index >= 15 is 0 Å². The Labute approximate surface area is 220 Å². The molecule has 0 saturated carbocycles. The van der Waals surface area contributed by atoms with Gasteiger partial charge in [0.15, 0.2) is 0 Å². The lowest BCUT2D eigenvalue weighted by molar-refractivity contribution is -0.139. The van der Waals surface area contributed by atoms with Crippen LogP contribution in [0.2, 0.25) is 0 Å². The average molecular weight is 527 g/mol. The Morgan fingerprint density at radius 2 is 1.92 bits per heavy atom. The van der Waals surface area contributed by atoms with E-state index in [2.05, 4.69) is 26.3 Å². The lowest BCUT2D eigenvalue weighted by Gasteiger charge is -2.26. The molecule has 12 heteroatoms. The van der Waals surface area contributed by atoms with Crippen molar-refractivity contribution in [1.29, 1.82) is 0 Å². The summed E-state index contributed by atoms with van der Waals surface area (Å²) in [6.45, 7) is 4.68. The summed E-state index contributed by atoms with van der Waals surface area (Å²) in [6, 6.07) is 6.42. The lowest BCUT2D eigenvalue weighted by Crippen LogP contribution is -2.56. The molecule has 0 saturated heterocycles.